The summed E-state index contributed by atoms with van der Waals surface area (Å²) in [6.07, 6.45) is 5.59. The molecule has 1 amide bonds. The maximum absolute atomic E-state index is 11.8. The molecule has 0 aromatic heterocycles. The van der Waals surface area contributed by atoms with Crippen LogP contribution in [-0.2, 0) is 4.43 Å². The van der Waals surface area contributed by atoms with Crippen LogP contribution in [0.25, 0.3) is 0 Å². The highest BCUT2D eigenvalue weighted by molar-refractivity contribution is 6.74. The lowest BCUT2D eigenvalue weighted by molar-refractivity contribution is 0.0970. The predicted molar refractivity (Wildman–Crippen MR) is 95.4 cm³/mol. The molecule has 0 aliphatic heterocycles. The lowest BCUT2D eigenvalue weighted by atomic mass is 10.2. The SMILES string of the molecule is CC(C)(C)[Si](C)(C)OCCC/C=C\NC(=O)c1ccccc1. The van der Waals surface area contributed by atoms with Crippen molar-refractivity contribution in [3.05, 3.63) is 48.2 Å². The summed E-state index contributed by atoms with van der Waals surface area (Å²) >= 11 is 0. The summed E-state index contributed by atoms with van der Waals surface area (Å²) in [5, 5.41) is 3.04. The molecule has 1 aromatic rings. The van der Waals surface area contributed by atoms with Crippen LogP contribution in [-0.4, -0.2) is 20.8 Å². The topological polar surface area (TPSA) is 38.3 Å². The predicted octanol–water partition coefficient (Wildman–Crippen LogP) is 4.73. The standard InChI is InChI=1S/C18H29NO2Si/c1-18(2,3)22(4,5)21-15-11-7-10-14-19-17(20)16-12-8-6-9-13-16/h6,8-10,12-14H,7,11,15H2,1-5H3,(H,19,20)/b14-10-. The smallest absolute Gasteiger partial charge is 0.255 e. The number of benzene rings is 1. The van der Waals surface area contributed by atoms with Crippen molar-refractivity contribution in [2.45, 2.75) is 51.7 Å². The van der Waals surface area contributed by atoms with Gasteiger partial charge in [-0.15, -0.1) is 0 Å². The van der Waals surface area contributed by atoms with Gasteiger partial charge in [0.2, 0.25) is 0 Å². The van der Waals surface area contributed by atoms with Crippen LogP contribution in [0.1, 0.15) is 44.0 Å². The van der Waals surface area contributed by atoms with Crippen molar-refractivity contribution in [2.75, 3.05) is 6.61 Å². The zero-order chi connectivity index (χ0) is 16.6. The molecule has 1 rings (SSSR count). The van der Waals surface area contributed by atoms with E-state index in [1.807, 2.05) is 24.3 Å². The molecule has 0 atom stereocenters. The van der Waals surface area contributed by atoms with Crippen LogP contribution in [0.3, 0.4) is 0 Å². The number of carbonyl (C=O) groups is 1. The Balaban J connectivity index is 2.21. The Hall–Kier alpha value is -1.39. The van der Waals surface area contributed by atoms with Gasteiger partial charge < -0.3 is 9.74 Å². The maximum atomic E-state index is 11.8. The van der Waals surface area contributed by atoms with Crippen LogP contribution in [0.15, 0.2) is 42.6 Å². The molecular weight excluding hydrogens is 290 g/mol. The average Bonchev–Trinajstić information content (AvgIpc) is 2.45. The Morgan fingerprint density at radius 1 is 1.23 bits per heavy atom. The lowest BCUT2D eigenvalue weighted by Gasteiger charge is -2.36. The van der Waals surface area contributed by atoms with Crippen molar-refractivity contribution in [2.24, 2.45) is 0 Å². The van der Waals surface area contributed by atoms with E-state index < -0.39 is 8.32 Å². The van der Waals surface area contributed by atoms with E-state index in [2.05, 4.69) is 39.2 Å². The van der Waals surface area contributed by atoms with Gasteiger partial charge in [-0.3, -0.25) is 4.79 Å². The Kier molecular flexibility index (Phi) is 7.03. The first kappa shape index (κ1) is 18.7. The van der Waals surface area contributed by atoms with Gasteiger partial charge >= 0.3 is 0 Å². The number of unbranched alkanes of at least 4 members (excludes halogenated alkanes) is 1. The molecule has 22 heavy (non-hydrogen) atoms. The van der Waals surface area contributed by atoms with E-state index in [-0.39, 0.29) is 10.9 Å². The Labute approximate surface area is 135 Å². The molecule has 4 heteroatoms. The van der Waals surface area contributed by atoms with Crippen molar-refractivity contribution in [1.82, 2.24) is 5.32 Å². The summed E-state index contributed by atoms with van der Waals surface area (Å²) < 4.78 is 6.11. The second-order valence-corrected chi connectivity index (χ2v) is 11.8. The number of carbonyl (C=O) groups excluding carboxylic acids is 1. The first-order chi connectivity index (χ1) is 10.2. The third-order valence-corrected chi connectivity index (χ3v) is 8.69. The van der Waals surface area contributed by atoms with Crippen molar-refractivity contribution in [3.63, 3.8) is 0 Å². The van der Waals surface area contributed by atoms with Crippen LogP contribution in [0.2, 0.25) is 18.1 Å². The minimum atomic E-state index is -1.63. The van der Waals surface area contributed by atoms with E-state index >= 15 is 0 Å². The summed E-state index contributed by atoms with van der Waals surface area (Å²) in [6.45, 7) is 12.1. The fourth-order valence-electron chi connectivity index (χ4n) is 1.64. The van der Waals surface area contributed by atoms with Crippen LogP contribution in [0.5, 0.6) is 0 Å². The van der Waals surface area contributed by atoms with Gasteiger partial charge in [0.15, 0.2) is 8.32 Å². The van der Waals surface area contributed by atoms with E-state index in [0.717, 1.165) is 19.4 Å². The minimum Gasteiger partial charge on any atom is -0.417 e. The number of hydrogen-bond donors (Lipinski definition) is 1. The van der Waals surface area contributed by atoms with E-state index in [9.17, 15) is 4.79 Å². The molecule has 3 nitrogen and oxygen atoms in total. The summed E-state index contributed by atoms with van der Waals surface area (Å²) in [4.78, 5) is 11.8. The highest BCUT2D eigenvalue weighted by Gasteiger charge is 2.36. The molecule has 0 bridgehead atoms. The fraction of sp³-hybridized carbons (Fsp3) is 0.500. The molecule has 0 aliphatic rings. The lowest BCUT2D eigenvalue weighted by Crippen LogP contribution is -2.40. The molecule has 0 saturated heterocycles. The molecule has 0 radical (unpaired) electrons. The molecule has 1 aromatic carbocycles. The van der Waals surface area contributed by atoms with Crippen LogP contribution >= 0.6 is 0 Å². The second kappa shape index (κ2) is 8.29. The normalized spacial score (nSPS) is 12.6. The molecule has 0 fully saturated rings. The molecule has 0 saturated carbocycles. The summed E-state index contributed by atoms with van der Waals surface area (Å²) in [5.41, 5.74) is 0.674. The van der Waals surface area contributed by atoms with Crippen LogP contribution in [0, 0.1) is 0 Å². The molecule has 0 unspecified atom stereocenters. The second-order valence-electron chi connectivity index (χ2n) is 6.99. The van der Waals surface area contributed by atoms with Gasteiger partial charge in [0.05, 0.1) is 0 Å². The summed E-state index contributed by atoms with van der Waals surface area (Å²) in [6, 6.07) is 9.22. The summed E-state index contributed by atoms with van der Waals surface area (Å²) in [5.74, 6) is -0.0747. The molecule has 0 aliphatic carbocycles. The van der Waals surface area contributed by atoms with Gasteiger partial charge in [0, 0.05) is 18.4 Å². The highest BCUT2D eigenvalue weighted by Crippen LogP contribution is 2.36. The van der Waals surface area contributed by atoms with Gasteiger partial charge in [-0.1, -0.05) is 45.0 Å². The van der Waals surface area contributed by atoms with E-state index in [4.69, 9.17) is 4.43 Å². The minimum absolute atomic E-state index is 0.0747. The fourth-order valence-corrected chi connectivity index (χ4v) is 2.72. The van der Waals surface area contributed by atoms with E-state index in [1.54, 1.807) is 18.3 Å². The zero-order valence-corrected chi connectivity index (χ0v) is 15.5. The monoisotopic (exact) mass is 319 g/mol. The molecule has 0 heterocycles. The zero-order valence-electron chi connectivity index (χ0n) is 14.5. The number of amides is 1. The van der Waals surface area contributed by atoms with Crippen LogP contribution < -0.4 is 5.32 Å². The molecular formula is C18H29NO2Si. The molecule has 1 N–H and O–H groups in total. The van der Waals surface area contributed by atoms with Gasteiger partial charge in [-0.25, -0.2) is 0 Å². The first-order valence-corrected chi connectivity index (χ1v) is 10.8. The first-order valence-electron chi connectivity index (χ1n) is 7.89. The quantitative estimate of drug-likeness (QED) is 0.583. The molecule has 122 valence electrons. The largest absolute Gasteiger partial charge is 0.417 e. The number of allylic oxidation sites excluding steroid dienone is 1. The number of rotatable bonds is 7. The van der Waals surface area contributed by atoms with Crippen molar-refractivity contribution >= 4 is 14.2 Å². The highest BCUT2D eigenvalue weighted by atomic mass is 28.4. The summed E-state index contributed by atoms with van der Waals surface area (Å²) in [7, 11) is -1.63. The average molecular weight is 320 g/mol. The maximum Gasteiger partial charge on any atom is 0.255 e. The number of hydrogen-bond acceptors (Lipinski definition) is 2. The third kappa shape index (κ3) is 6.16. The van der Waals surface area contributed by atoms with Crippen molar-refractivity contribution < 1.29 is 9.22 Å². The van der Waals surface area contributed by atoms with Gasteiger partial charge in [0.1, 0.15) is 0 Å². The Morgan fingerprint density at radius 3 is 2.45 bits per heavy atom. The molecule has 0 spiro atoms. The van der Waals surface area contributed by atoms with Gasteiger partial charge in [-0.2, -0.15) is 0 Å². The van der Waals surface area contributed by atoms with Gasteiger partial charge in [-0.05, 0) is 43.1 Å². The van der Waals surface area contributed by atoms with Crippen LogP contribution in [0.4, 0.5) is 0 Å². The van der Waals surface area contributed by atoms with E-state index in [1.165, 1.54) is 0 Å². The number of nitrogens with one attached hydrogen (secondary N) is 1. The van der Waals surface area contributed by atoms with Crippen molar-refractivity contribution in [1.29, 1.82) is 0 Å². The van der Waals surface area contributed by atoms with Crippen molar-refractivity contribution in [3.8, 4) is 0 Å². The Bertz CT molecular complexity index is 490. The van der Waals surface area contributed by atoms with E-state index in [0.29, 0.717) is 5.56 Å². The third-order valence-electron chi connectivity index (χ3n) is 4.15. The van der Waals surface area contributed by atoms with Gasteiger partial charge in [0.25, 0.3) is 5.91 Å². The Morgan fingerprint density at radius 2 is 1.86 bits per heavy atom.